The van der Waals surface area contributed by atoms with Crippen molar-refractivity contribution >= 4 is 5.82 Å². The third-order valence-corrected chi connectivity index (χ3v) is 2.00. The first-order valence-corrected chi connectivity index (χ1v) is 4.25. The highest BCUT2D eigenvalue weighted by atomic mass is 19.4. The summed E-state index contributed by atoms with van der Waals surface area (Å²) < 4.78 is 42.2. The lowest BCUT2D eigenvalue weighted by molar-refractivity contribution is -0.137. The molecule has 0 unspecified atom stereocenters. The number of hydrogen-bond acceptors (Lipinski definition) is 4. The maximum Gasteiger partial charge on any atom is 0.417 e. The fourth-order valence-corrected chi connectivity index (χ4v) is 1.32. The fraction of sp³-hybridized carbons (Fsp3) is 0.111. The number of nitrogen functional groups attached to an aromatic ring is 1. The Bertz CT molecular complexity index is 507. The van der Waals surface area contributed by atoms with Crippen molar-refractivity contribution in [2.45, 2.75) is 6.18 Å². The molecular formula is C9H6F3N3O. The molecule has 0 aliphatic heterocycles. The van der Waals surface area contributed by atoms with E-state index in [2.05, 4.69) is 14.9 Å². The number of nitrogens with zero attached hydrogens (tertiary/aromatic N) is 2. The van der Waals surface area contributed by atoms with Gasteiger partial charge in [-0.15, -0.1) is 0 Å². The predicted molar refractivity (Wildman–Crippen MR) is 49.1 cm³/mol. The summed E-state index contributed by atoms with van der Waals surface area (Å²) in [7, 11) is 0. The minimum Gasteiger partial charge on any atom is -0.379 e. The van der Waals surface area contributed by atoms with Crippen LogP contribution >= 0.6 is 0 Å². The molecule has 2 rings (SSSR count). The number of nitrogens with two attached hydrogens (primary N) is 1. The van der Waals surface area contributed by atoms with Crippen molar-refractivity contribution in [1.29, 1.82) is 0 Å². The van der Waals surface area contributed by atoms with Crippen molar-refractivity contribution in [2.24, 2.45) is 0 Å². The summed E-state index contributed by atoms with van der Waals surface area (Å²) in [6.07, 6.45) is -4.47. The van der Waals surface area contributed by atoms with Crippen LogP contribution in [0.25, 0.3) is 11.3 Å². The van der Waals surface area contributed by atoms with E-state index in [0.29, 0.717) is 0 Å². The van der Waals surface area contributed by atoms with Gasteiger partial charge in [-0.3, -0.25) is 0 Å². The molecule has 7 heteroatoms. The van der Waals surface area contributed by atoms with Crippen molar-refractivity contribution in [3.05, 3.63) is 29.8 Å². The molecule has 84 valence electrons. The second-order valence-corrected chi connectivity index (χ2v) is 3.04. The quantitative estimate of drug-likeness (QED) is 0.815. The second kappa shape index (κ2) is 3.51. The first kappa shape index (κ1) is 10.5. The van der Waals surface area contributed by atoms with E-state index in [1.54, 1.807) is 0 Å². The molecule has 2 N–H and O–H groups in total. The summed E-state index contributed by atoms with van der Waals surface area (Å²) >= 11 is 0. The minimum atomic E-state index is -4.47. The molecule has 16 heavy (non-hydrogen) atoms. The van der Waals surface area contributed by atoms with Crippen LogP contribution in [0.1, 0.15) is 5.56 Å². The van der Waals surface area contributed by atoms with Crippen molar-refractivity contribution < 1.29 is 17.8 Å². The number of rotatable bonds is 1. The Balaban J connectivity index is 2.62. The molecular weight excluding hydrogens is 223 g/mol. The number of anilines is 1. The van der Waals surface area contributed by atoms with Crippen molar-refractivity contribution in [1.82, 2.24) is 10.3 Å². The topological polar surface area (TPSA) is 64.9 Å². The average molecular weight is 229 g/mol. The minimum absolute atomic E-state index is 0.104. The number of hydrogen-bond donors (Lipinski definition) is 1. The average Bonchev–Trinajstić information content (AvgIpc) is 2.63. The van der Waals surface area contributed by atoms with E-state index in [9.17, 15) is 13.2 Å². The van der Waals surface area contributed by atoms with Gasteiger partial charge in [0.1, 0.15) is 0 Å². The van der Waals surface area contributed by atoms with Crippen molar-refractivity contribution in [3.63, 3.8) is 0 Å². The van der Waals surface area contributed by atoms with Gasteiger partial charge < -0.3 is 5.73 Å². The number of alkyl halides is 3. The van der Waals surface area contributed by atoms with Gasteiger partial charge in [0, 0.05) is 5.56 Å². The molecule has 0 saturated carbocycles. The molecule has 0 fully saturated rings. The molecule has 0 saturated heterocycles. The normalized spacial score (nSPS) is 11.7. The van der Waals surface area contributed by atoms with Crippen LogP contribution in [0.4, 0.5) is 19.0 Å². The van der Waals surface area contributed by atoms with Gasteiger partial charge in [0.05, 0.1) is 5.56 Å². The highest BCUT2D eigenvalue weighted by Gasteiger charge is 2.34. The van der Waals surface area contributed by atoms with Gasteiger partial charge in [0.15, 0.2) is 11.5 Å². The molecule has 0 atom stereocenters. The molecule has 0 aliphatic rings. The van der Waals surface area contributed by atoms with Gasteiger partial charge in [-0.05, 0) is 16.4 Å². The van der Waals surface area contributed by atoms with Gasteiger partial charge in [-0.25, -0.2) is 4.63 Å². The highest BCUT2D eigenvalue weighted by molar-refractivity contribution is 5.72. The van der Waals surface area contributed by atoms with Gasteiger partial charge in [-0.2, -0.15) is 13.2 Å². The number of halogens is 3. The Morgan fingerprint density at radius 1 is 1.12 bits per heavy atom. The fourth-order valence-electron chi connectivity index (χ4n) is 1.32. The zero-order chi connectivity index (χ0) is 11.8. The first-order chi connectivity index (χ1) is 7.50. The van der Waals surface area contributed by atoms with E-state index in [1.165, 1.54) is 18.2 Å². The van der Waals surface area contributed by atoms with Crippen LogP contribution in [0.3, 0.4) is 0 Å². The van der Waals surface area contributed by atoms with Crippen molar-refractivity contribution in [2.75, 3.05) is 5.73 Å². The highest BCUT2D eigenvalue weighted by Crippen LogP contribution is 2.37. The van der Waals surface area contributed by atoms with Gasteiger partial charge in [0.2, 0.25) is 0 Å². The number of aromatic nitrogens is 2. The van der Waals surface area contributed by atoms with Crippen LogP contribution < -0.4 is 5.73 Å². The molecule has 0 bridgehead atoms. The largest absolute Gasteiger partial charge is 0.417 e. The summed E-state index contributed by atoms with van der Waals surface area (Å²) in [6.45, 7) is 0. The SMILES string of the molecule is Nc1nonc1-c1ccccc1C(F)(F)F. The zero-order valence-electron chi connectivity index (χ0n) is 7.82. The molecule has 2 aromatic rings. The Hall–Kier alpha value is -2.05. The first-order valence-electron chi connectivity index (χ1n) is 4.25. The predicted octanol–water partition coefficient (Wildman–Crippen LogP) is 2.34. The van der Waals surface area contributed by atoms with E-state index >= 15 is 0 Å². The van der Waals surface area contributed by atoms with Crippen LogP contribution in [0.15, 0.2) is 28.9 Å². The van der Waals surface area contributed by atoms with Gasteiger partial charge >= 0.3 is 6.18 Å². The van der Waals surface area contributed by atoms with E-state index in [-0.39, 0.29) is 17.1 Å². The second-order valence-electron chi connectivity index (χ2n) is 3.04. The third kappa shape index (κ3) is 1.71. The molecule has 1 aromatic heterocycles. The molecule has 1 heterocycles. The Morgan fingerprint density at radius 2 is 1.81 bits per heavy atom. The molecule has 4 nitrogen and oxygen atoms in total. The lowest BCUT2D eigenvalue weighted by Crippen LogP contribution is -2.07. The van der Waals surface area contributed by atoms with Crippen molar-refractivity contribution in [3.8, 4) is 11.3 Å². The zero-order valence-corrected chi connectivity index (χ0v) is 7.82. The lowest BCUT2D eigenvalue weighted by atomic mass is 10.0. The molecule has 1 aromatic carbocycles. The van der Waals surface area contributed by atoms with Gasteiger partial charge in [0.25, 0.3) is 0 Å². The molecule has 0 spiro atoms. The molecule has 0 radical (unpaired) electrons. The number of benzene rings is 1. The third-order valence-electron chi connectivity index (χ3n) is 2.00. The summed E-state index contributed by atoms with van der Waals surface area (Å²) in [5.41, 5.74) is 4.28. The Morgan fingerprint density at radius 3 is 2.38 bits per heavy atom. The summed E-state index contributed by atoms with van der Waals surface area (Å²) in [4.78, 5) is 0. The van der Waals surface area contributed by atoms with E-state index in [4.69, 9.17) is 5.73 Å². The maximum atomic E-state index is 12.7. The lowest BCUT2D eigenvalue weighted by Gasteiger charge is -2.10. The smallest absolute Gasteiger partial charge is 0.379 e. The van der Waals surface area contributed by atoms with E-state index < -0.39 is 11.7 Å². The van der Waals surface area contributed by atoms with Crippen LogP contribution in [0.5, 0.6) is 0 Å². The van der Waals surface area contributed by atoms with Gasteiger partial charge in [-0.1, -0.05) is 18.2 Å². The Labute approximate surface area is 87.8 Å². The van der Waals surface area contributed by atoms with Crippen LogP contribution in [-0.2, 0) is 6.18 Å². The standard InChI is InChI=1S/C9H6F3N3O/c10-9(11,12)6-4-2-1-3-5(6)7-8(13)15-16-14-7/h1-4H,(H2,13,15). The van der Waals surface area contributed by atoms with Crippen LogP contribution in [0.2, 0.25) is 0 Å². The summed E-state index contributed by atoms with van der Waals surface area (Å²) in [5.74, 6) is -0.170. The van der Waals surface area contributed by atoms with Crippen LogP contribution in [0, 0.1) is 0 Å². The monoisotopic (exact) mass is 229 g/mol. The molecule has 0 amide bonds. The summed E-state index contributed by atoms with van der Waals surface area (Å²) in [6, 6.07) is 4.96. The van der Waals surface area contributed by atoms with Crippen LogP contribution in [-0.4, -0.2) is 10.3 Å². The maximum absolute atomic E-state index is 12.7. The Kier molecular flexibility index (Phi) is 2.30. The van der Waals surface area contributed by atoms with E-state index in [0.717, 1.165) is 6.07 Å². The summed E-state index contributed by atoms with van der Waals surface area (Å²) in [5, 5.41) is 6.59. The van der Waals surface area contributed by atoms with E-state index in [1.807, 2.05) is 0 Å². The molecule has 0 aliphatic carbocycles.